The number of hydrogen-bond donors (Lipinski definition) is 2. The lowest BCUT2D eigenvalue weighted by Gasteiger charge is -2.35. The number of aliphatic hydroxyl groups excluding tert-OH is 1. The number of aromatic amines is 1. The predicted octanol–water partition coefficient (Wildman–Crippen LogP) is 2.63. The van der Waals surface area contributed by atoms with Crippen molar-refractivity contribution in [2.75, 3.05) is 13.1 Å². The molecule has 0 aromatic carbocycles. The molecule has 27 heavy (non-hydrogen) atoms. The summed E-state index contributed by atoms with van der Waals surface area (Å²) in [6.07, 6.45) is 2.46. The van der Waals surface area contributed by atoms with E-state index >= 15 is 0 Å². The number of carbonyl (C=O) groups excluding carboxylic acids is 1. The van der Waals surface area contributed by atoms with Gasteiger partial charge in [-0.05, 0) is 63.6 Å². The molecule has 2 fully saturated rings. The van der Waals surface area contributed by atoms with Crippen LogP contribution in [0.3, 0.4) is 0 Å². The minimum absolute atomic E-state index is 0.0775. The molecule has 4 rings (SSSR count). The Morgan fingerprint density at radius 1 is 1.19 bits per heavy atom. The highest BCUT2D eigenvalue weighted by molar-refractivity contribution is 5.95. The molecular weight excluding hydrogens is 342 g/mol. The van der Waals surface area contributed by atoms with Crippen LogP contribution in [0.15, 0.2) is 24.4 Å². The SMILES string of the molecule is Cc1ccc(O[C@@H]2C[C@@H]3CN(C(=O)c4cc[nH]c4C)C[C@@H]3C[C@H]2O)c(C)n1. The number of carbonyl (C=O) groups is 1. The maximum atomic E-state index is 12.8. The first kappa shape index (κ1) is 18.0. The first-order valence-electron chi connectivity index (χ1n) is 9.64. The number of likely N-dealkylation sites (tertiary alicyclic amines) is 1. The molecule has 0 unspecified atom stereocenters. The number of aliphatic hydroxyl groups is 1. The number of nitrogens with zero attached hydrogens (tertiary/aromatic N) is 2. The van der Waals surface area contributed by atoms with Gasteiger partial charge in [-0.25, -0.2) is 0 Å². The molecule has 2 aromatic heterocycles. The number of aromatic nitrogens is 2. The van der Waals surface area contributed by atoms with Crippen LogP contribution in [0.4, 0.5) is 0 Å². The average Bonchev–Trinajstić information content (AvgIpc) is 3.22. The van der Waals surface area contributed by atoms with Crippen molar-refractivity contribution < 1.29 is 14.6 Å². The van der Waals surface area contributed by atoms with Crippen molar-refractivity contribution in [2.24, 2.45) is 11.8 Å². The molecule has 2 N–H and O–H groups in total. The van der Waals surface area contributed by atoms with Gasteiger partial charge in [0, 0.05) is 30.7 Å². The maximum absolute atomic E-state index is 12.8. The van der Waals surface area contributed by atoms with Crippen molar-refractivity contribution in [1.82, 2.24) is 14.9 Å². The zero-order chi connectivity index (χ0) is 19.1. The van der Waals surface area contributed by atoms with Crippen LogP contribution in [-0.4, -0.2) is 51.2 Å². The highest BCUT2D eigenvalue weighted by Gasteiger charge is 2.44. The molecule has 144 valence electrons. The van der Waals surface area contributed by atoms with Crippen LogP contribution in [0.25, 0.3) is 0 Å². The highest BCUT2D eigenvalue weighted by Crippen LogP contribution is 2.38. The second-order valence-corrected chi connectivity index (χ2v) is 7.98. The van der Waals surface area contributed by atoms with Gasteiger partial charge in [0.25, 0.3) is 5.91 Å². The zero-order valence-corrected chi connectivity index (χ0v) is 16.1. The summed E-state index contributed by atoms with van der Waals surface area (Å²) < 4.78 is 6.13. The van der Waals surface area contributed by atoms with Crippen molar-refractivity contribution >= 4 is 5.91 Å². The Morgan fingerprint density at radius 2 is 1.93 bits per heavy atom. The minimum Gasteiger partial charge on any atom is -0.486 e. The number of pyridine rings is 1. The van der Waals surface area contributed by atoms with Gasteiger partial charge in [0.05, 0.1) is 17.4 Å². The smallest absolute Gasteiger partial charge is 0.255 e. The summed E-state index contributed by atoms with van der Waals surface area (Å²) >= 11 is 0. The number of nitrogens with one attached hydrogen (secondary N) is 1. The largest absolute Gasteiger partial charge is 0.486 e. The third kappa shape index (κ3) is 3.46. The number of amides is 1. The summed E-state index contributed by atoms with van der Waals surface area (Å²) in [4.78, 5) is 22.2. The van der Waals surface area contributed by atoms with Crippen molar-refractivity contribution in [3.05, 3.63) is 47.0 Å². The second-order valence-electron chi connectivity index (χ2n) is 7.98. The predicted molar refractivity (Wildman–Crippen MR) is 102 cm³/mol. The molecular formula is C21H27N3O3. The zero-order valence-electron chi connectivity index (χ0n) is 16.1. The summed E-state index contributed by atoms with van der Waals surface area (Å²) in [6, 6.07) is 5.69. The Kier molecular flexibility index (Phi) is 4.68. The molecule has 0 radical (unpaired) electrons. The molecule has 4 atom stereocenters. The summed E-state index contributed by atoms with van der Waals surface area (Å²) in [5, 5.41) is 10.6. The van der Waals surface area contributed by atoms with Gasteiger partial charge in [0.1, 0.15) is 11.9 Å². The second kappa shape index (κ2) is 7.00. The van der Waals surface area contributed by atoms with Crippen LogP contribution in [0.5, 0.6) is 5.75 Å². The fourth-order valence-corrected chi connectivity index (χ4v) is 4.50. The molecule has 0 spiro atoms. The summed E-state index contributed by atoms with van der Waals surface area (Å²) in [5.74, 6) is 1.51. The van der Waals surface area contributed by atoms with E-state index in [-0.39, 0.29) is 12.0 Å². The van der Waals surface area contributed by atoms with E-state index in [0.717, 1.165) is 41.4 Å². The molecule has 1 saturated heterocycles. The van der Waals surface area contributed by atoms with E-state index in [1.165, 1.54) is 0 Å². The van der Waals surface area contributed by atoms with E-state index in [4.69, 9.17) is 4.74 Å². The first-order valence-corrected chi connectivity index (χ1v) is 9.64. The summed E-state index contributed by atoms with van der Waals surface area (Å²) in [7, 11) is 0. The van der Waals surface area contributed by atoms with E-state index in [0.29, 0.717) is 24.8 Å². The molecule has 2 aliphatic rings. The lowest BCUT2D eigenvalue weighted by atomic mass is 9.78. The van der Waals surface area contributed by atoms with Gasteiger partial charge < -0.3 is 19.7 Å². The number of aryl methyl sites for hydroxylation is 3. The van der Waals surface area contributed by atoms with E-state index < -0.39 is 6.10 Å². The third-order valence-corrected chi connectivity index (χ3v) is 6.01. The molecule has 6 heteroatoms. The van der Waals surface area contributed by atoms with E-state index in [2.05, 4.69) is 9.97 Å². The van der Waals surface area contributed by atoms with Gasteiger partial charge >= 0.3 is 0 Å². The normalized spacial score (nSPS) is 27.5. The van der Waals surface area contributed by atoms with Gasteiger partial charge in [-0.15, -0.1) is 0 Å². The molecule has 1 aliphatic carbocycles. The fraction of sp³-hybridized carbons (Fsp3) is 0.524. The van der Waals surface area contributed by atoms with Crippen LogP contribution >= 0.6 is 0 Å². The average molecular weight is 369 g/mol. The lowest BCUT2D eigenvalue weighted by molar-refractivity contribution is -0.0236. The van der Waals surface area contributed by atoms with Crippen LogP contribution in [-0.2, 0) is 0 Å². The molecule has 6 nitrogen and oxygen atoms in total. The number of rotatable bonds is 3. The summed E-state index contributed by atoms with van der Waals surface area (Å²) in [5.41, 5.74) is 3.44. The molecule has 1 saturated carbocycles. The van der Waals surface area contributed by atoms with Gasteiger partial charge in [0.2, 0.25) is 0 Å². The molecule has 2 aromatic rings. The quantitative estimate of drug-likeness (QED) is 0.872. The minimum atomic E-state index is -0.518. The number of fused-ring (bicyclic) bond motifs is 1. The lowest BCUT2D eigenvalue weighted by Crippen LogP contribution is -2.42. The monoisotopic (exact) mass is 369 g/mol. The van der Waals surface area contributed by atoms with Gasteiger partial charge in [-0.2, -0.15) is 0 Å². The Labute approximate surface area is 159 Å². The van der Waals surface area contributed by atoms with Crippen LogP contribution in [0, 0.1) is 32.6 Å². The van der Waals surface area contributed by atoms with E-state index in [1.54, 1.807) is 6.20 Å². The van der Waals surface area contributed by atoms with Crippen molar-refractivity contribution in [1.29, 1.82) is 0 Å². The highest BCUT2D eigenvalue weighted by atomic mass is 16.5. The van der Waals surface area contributed by atoms with Crippen molar-refractivity contribution in [3.8, 4) is 5.75 Å². The standard InChI is InChI=1S/C21H27N3O3/c1-12-4-5-19(14(3)23-12)27-20-9-16-11-24(10-15(16)8-18(20)25)21(26)17-6-7-22-13(17)2/h4-7,15-16,18,20,22,25H,8-11H2,1-3H3/t15-,16+,18+,20+/m0/s1. The first-order chi connectivity index (χ1) is 12.9. The summed E-state index contributed by atoms with van der Waals surface area (Å²) in [6.45, 7) is 7.24. The van der Waals surface area contributed by atoms with Gasteiger partial charge in [-0.1, -0.05) is 0 Å². The van der Waals surface area contributed by atoms with E-state index in [9.17, 15) is 9.90 Å². The fourth-order valence-electron chi connectivity index (χ4n) is 4.50. The Hall–Kier alpha value is -2.34. The number of H-pyrrole nitrogens is 1. The number of hydrogen-bond acceptors (Lipinski definition) is 4. The van der Waals surface area contributed by atoms with Crippen molar-refractivity contribution in [3.63, 3.8) is 0 Å². The Morgan fingerprint density at radius 3 is 2.59 bits per heavy atom. The van der Waals surface area contributed by atoms with Crippen LogP contribution in [0.2, 0.25) is 0 Å². The molecule has 3 heterocycles. The Balaban J connectivity index is 1.44. The number of ether oxygens (including phenoxy) is 1. The van der Waals surface area contributed by atoms with Gasteiger partial charge in [0.15, 0.2) is 0 Å². The van der Waals surface area contributed by atoms with Crippen molar-refractivity contribution in [2.45, 2.75) is 45.8 Å². The van der Waals surface area contributed by atoms with Crippen LogP contribution < -0.4 is 4.74 Å². The maximum Gasteiger partial charge on any atom is 0.255 e. The third-order valence-electron chi connectivity index (χ3n) is 6.01. The molecule has 1 aliphatic heterocycles. The topological polar surface area (TPSA) is 78.5 Å². The van der Waals surface area contributed by atoms with Gasteiger partial charge in [-0.3, -0.25) is 9.78 Å². The van der Waals surface area contributed by atoms with E-state index in [1.807, 2.05) is 43.9 Å². The van der Waals surface area contributed by atoms with Crippen LogP contribution in [0.1, 0.15) is 40.3 Å². The molecule has 0 bridgehead atoms. The Bertz CT molecular complexity index is 847. The molecule has 1 amide bonds.